The fourth-order valence-corrected chi connectivity index (χ4v) is 4.45. The fourth-order valence-electron chi connectivity index (χ4n) is 4.45. The van der Waals surface area contributed by atoms with Crippen molar-refractivity contribution in [2.45, 2.75) is 12.8 Å². The van der Waals surface area contributed by atoms with Crippen LogP contribution in [0.1, 0.15) is 17.3 Å². The van der Waals surface area contributed by atoms with Crippen LogP contribution in [0.25, 0.3) is 22.4 Å². The lowest BCUT2D eigenvalue weighted by Gasteiger charge is -2.30. The van der Waals surface area contributed by atoms with E-state index in [4.69, 9.17) is 14.5 Å². The smallest absolute Gasteiger partial charge is 0.161 e. The molecule has 1 aliphatic rings. The number of nitrogens with zero attached hydrogens (tertiary/aromatic N) is 2. The molecule has 0 radical (unpaired) electrons. The lowest BCUT2D eigenvalue weighted by atomic mass is 10.1. The predicted octanol–water partition coefficient (Wildman–Crippen LogP) is 6.26. The summed E-state index contributed by atoms with van der Waals surface area (Å²) < 4.78 is 14.0. The van der Waals surface area contributed by atoms with E-state index < -0.39 is 0 Å². The van der Waals surface area contributed by atoms with Crippen LogP contribution in [0.4, 0.5) is 5.69 Å². The second-order valence-corrected chi connectivity index (χ2v) is 8.07. The number of fused-ring (bicyclic) bond motifs is 5. The zero-order valence-electron chi connectivity index (χ0n) is 18.2. The van der Waals surface area contributed by atoms with Crippen LogP contribution in [-0.4, -0.2) is 16.7 Å². The van der Waals surface area contributed by atoms with E-state index >= 15 is 0 Å². The van der Waals surface area contributed by atoms with Gasteiger partial charge in [-0.1, -0.05) is 60.7 Å². The second-order valence-electron chi connectivity index (χ2n) is 8.07. The van der Waals surface area contributed by atoms with Gasteiger partial charge < -0.3 is 14.8 Å². The number of para-hydroxylation sites is 3. The molecule has 1 aliphatic heterocycles. The van der Waals surface area contributed by atoms with Crippen molar-refractivity contribution in [1.29, 1.82) is 0 Å². The average Bonchev–Trinajstić information content (AvgIpc) is 3.27. The summed E-state index contributed by atoms with van der Waals surface area (Å²) in [6, 6.07) is 32.8. The number of aromatic nitrogens is 2. The number of imidazole rings is 1. The minimum Gasteiger partial charge on any atom is -0.493 e. The molecule has 5 aromatic rings. The maximum atomic E-state index is 6.07. The van der Waals surface area contributed by atoms with Gasteiger partial charge in [0.25, 0.3) is 0 Å². The number of anilines is 1. The van der Waals surface area contributed by atoms with E-state index in [0.717, 1.165) is 45.0 Å². The normalized spacial score (nSPS) is 14.3. The van der Waals surface area contributed by atoms with Gasteiger partial charge in [0.2, 0.25) is 0 Å². The van der Waals surface area contributed by atoms with E-state index in [9.17, 15) is 0 Å². The van der Waals surface area contributed by atoms with E-state index in [1.54, 1.807) is 7.11 Å². The Labute approximate surface area is 192 Å². The van der Waals surface area contributed by atoms with Crippen LogP contribution in [0.2, 0.25) is 0 Å². The summed E-state index contributed by atoms with van der Waals surface area (Å²) in [5.74, 6) is 2.38. The van der Waals surface area contributed by atoms with Gasteiger partial charge in [0.1, 0.15) is 18.6 Å². The summed E-state index contributed by atoms with van der Waals surface area (Å²) in [4.78, 5) is 4.96. The van der Waals surface area contributed by atoms with Gasteiger partial charge in [-0.25, -0.2) is 4.98 Å². The molecule has 162 valence electrons. The van der Waals surface area contributed by atoms with Crippen LogP contribution in [0.5, 0.6) is 11.5 Å². The number of hydrogen-bond donors (Lipinski definition) is 1. The summed E-state index contributed by atoms with van der Waals surface area (Å²) in [6.45, 7) is 0.488. The Hall–Kier alpha value is -4.25. The van der Waals surface area contributed by atoms with Crippen molar-refractivity contribution in [2.24, 2.45) is 0 Å². The fraction of sp³-hybridized carbons (Fsp3) is 0.107. The van der Waals surface area contributed by atoms with Gasteiger partial charge in [-0.3, -0.25) is 4.57 Å². The maximum Gasteiger partial charge on any atom is 0.161 e. The number of nitrogens with one attached hydrogen (secondary N) is 1. The zero-order chi connectivity index (χ0) is 22.2. The largest absolute Gasteiger partial charge is 0.493 e. The van der Waals surface area contributed by atoms with Crippen LogP contribution < -0.4 is 14.8 Å². The zero-order valence-corrected chi connectivity index (χ0v) is 18.2. The van der Waals surface area contributed by atoms with Crippen molar-refractivity contribution >= 4 is 16.7 Å². The molecule has 1 aromatic heterocycles. The number of ether oxygens (including phenoxy) is 2. The first-order chi connectivity index (χ1) is 16.3. The standard InChI is InChI=1S/C28H23N3O2/c1-32-26-17-20(15-16-25(26)33-18-19-9-3-2-4-10-19)27-29-22-12-6-5-11-21(22)28-30-23-13-7-8-14-24(23)31(27)28/h2-17,27,29H,18H2,1H3/t27-/m0/s1. The molecule has 0 saturated heterocycles. The lowest BCUT2D eigenvalue weighted by molar-refractivity contribution is 0.284. The number of hydrogen-bond acceptors (Lipinski definition) is 4. The molecule has 5 heteroatoms. The lowest BCUT2D eigenvalue weighted by Crippen LogP contribution is -2.24. The molecule has 1 atom stereocenters. The van der Waals surface area contributed by atoms with Gasteiger partial charge in [0, 0.05) is 11.3 Å². The molecular formula is C28H23N3O2. The molecule has 2 heterocycles. The van der Waals surface area contributed by atoms with E-state index in [-0.39, 0.29) is 6.17 Å². The highest BCUT2D eigenvalue weighted by Gasteiger charge is 2.28. The minimum atomic E-state index is -0.126. The molecule has 0 spiro atoms. The Bertz CT molecular complexity index is 1440. The Morgan fingerprint density at radius 2 is 1.64 bits per heavy atom. The summed E-state index contributed by atoms with van der Waals surface area (Å²) in [5, 5.41) is 3.70. The third-order valence-corrected chi connectivity index (χ3v) is 6.05. The van der Waals surface area contributed by atoms with Crippen molar-refractivity contribution < 1.29 is 9.47 Å². The van der Waals surface area contributed by atoms with Gasteiger partial charge >= 0.3 is 0 Å². The van der Waals surface area contributed by atoms with Gasteiger partial charge in [0.15, 0.2) is 11.5 Å². The van der Waals surface area contributed by atoms with Crippen molar-refractivity contribution in [3.05, 3.63) is 108 Å². The van der Waals surface area contributed by atoms with Crippen LogP contribution in [0.15, 0.2) is 97.1 Å². The van der Waals surface area contributed by atoms with Gasteiger partial charge in [-0.15, -0.1) is 0 Å². The van der Waals surface area contributed by atoms with Gasteiger partial charge in [-0.05, 0) is 47.5 Å². The third kappa shape index (κ3) is 3.38. The molecule has 6 rings (SSSR count). The molecule has 0 saturated carbocycles. The molecular weight excluding hydrogens is 410 g/mol. The Kier molecular flexibility index (Phi) is 4.73. The predicted molar refractivity (Wildman–Crippen MR) is 131 cm³/mol. The molecule has 4 aromatic carbocycles. The van der Waals surface area contributed by atoms with Crippen molar-refractivity contribution in [1.82, 2.24) is 9.55 Å². The van der Waals surface area contributed by atoms with Gasteiger partial charge in [0.05, 0.1) is 18.1 Å². The van der Waals surface area contributed by atoms with Crippen molar-refractivity contribution in [3.63, 3.8) is 0 Å². The van der Waals surface area contributed by atoms with Gasteiger partial charge in [-0.2, -0.15) is 0 Å². The Balaban J connectivity index is 1.41. The molecule has 0 aliphatic carbocycles. The highest BCUT2D eigenvalue weighted by molar-refractivity contribution is 5.86. The van der Waals surface area contributed by atoms with Crippen LogP contribution >= 0.6 is 0 Å². The summed E-state index contributed by atoms with van der Waals surface area (Å²) in [7, 11) is 1.68. The van der Waals surface area contributed by atoms with E-state index in [2.05, 4.69) is 58.4 Å². The number of benzene rings is 4. The Morgan fingerprint density at radius 1 is 0.848 bits per heavy atom. The summed E-state index contributed by atoms with van der Waals surface area (Å²) >= 11 is 0. The Morgan fingerprint density at radius 3 is 2.52 bits per heavy atom. The van der Waals surface area contributed by atoms with Crippen LogP contribution in [-0.2, 0) is 6.61 Å². The summed E-state index contributed by atoms with van der Waals surface area (Å²) in [5.41, 5.74) is 6.41. The molecule has 0 fully saturated rings. The minimum absolute atomic E-state index is 0.126. The highest BCUT2D eigenvalue weighted by atomic mass is 16.5. The van der Waals surface area contributed by atoms with E-state index in [1.807, 2.05) is 48.5 Å². The number of rotatable bonds is 5. The molecule has 1 N–H and O–H groups in total. The first-order valence-corrected chi connectivity index (χ1v) is 11.0. The second kappa shape index (κ2) is 8.02. The average molecular weight is 434 g/mol. The topological polar surface area (TPSA) is 48.3 Å². The van der Waals surface area contributed by atoms with Crippen LogP contribution in [0, 0.1) is 0 Å². The van der Waals surface area contributed by atoms with E-state index in [1.165, 1.54) is 0 Å². The molecule has 33 heavy (non-hydrogen) atoms. The highest BCUT2D eigenvalue weighted by Crippen LogP contribution is 2.42. The SMILES string of the molecule is COc1cc([C@H]2Nc3ccccc3-c3nc4ccccc4n32)ccc1OCc1ccccc1. The third-order valence-electron chi connectivity index (χ3n) is 6.05. The van der Waals surface area contributed by atoms with Crippen LogP contribution in [0.3, 0.4) is 0 Å². The van der Waals surface area contributed by atoms with E-state index in [0.29, 0.717) is 12.4 Å². The summed E-state index contributed by atoms with van der Waals surface area (Å²) in [6.07, 6.45) is -0.126. The van der Waals surface area contributed by atoms with Crippen molar-refractivity contribution in [3.8, 4) is 22.9 Å². The molecule has 5 nitrogen and oxygen atoms in total. The molecule has 0 amide bonds. The quantitative estimate of drug-likeness (QED) is 0.355. The maximum absolute atomic E-state index is 6.07. The monoisotopic (exact) mass is 433 g/mol. The first-order valence-electron chi connectivity index (χ1n) is 11.0. The first kappa shape index (κ1) is 19.4. The molecule has 0 unspecified atom stereocenters. The molecule has 0 bridgehead atoms. The van der Waals surface area contributed by atoms with Crippen molar-refractivity contribution in [2.75, 3.05) is 12.4 Å². The number of methoxy groups -OCH3 is 1.